The Bertz CT molecular complexity index is 1180. The second-order valence-electron chi connectivity index (χ2n) is 8.95. The maximum absolute atomic E-state index is 12.9. The van der Waals surface area contributed by atoms with Gasteiger partial charge in [0, 0.05) is 32.7 Å². The van der Waals surface area contributed by atoms with Crippen LogP contribution >= 0.6 is 35.6 Å². The fourth-order valence-corrected chi connectivity index (χ4v) is 5.33. The van der Waals surface area contributed by atoms with Crippen molar-refractivity contribution in [2.75, 3.05) is 38.2 Å². The van der Waals surface area contributed by atoms with E-state index in [0.717, 1.165) is 45.0 Å². The first kappa shape index (κ1) is 25.3. The van der Waals surface area contributed by atoms with Crippen LogP contribution in [-0.4, -0.2) is 57.3 Å². The van der Waals surface area contributed by atoms with E-state index in [1.54, 1.807) is 18.5 Å². The standard InChI is InChI=1S/C23H28Cl2N6O2.ClH/c24-18-5-4-15(10-19(18)25)11-26-23-28-21-20(22(32)29-23)31(14-27-21)13-17-3-1-2-16(17)12-30-6-8-33-9-7-30;/h4-5,10,14,16-17H,1-3,6-9,11-13H2,(H2,26,28,29,32);1H. The zero-order valence-electron chi connectivity index (χ0n) is 18.8. The van der Waals surface area contributed by atoms with Crippen LogP contribution in [-0.2, 0) is 17.8 Å². The van der Waals surface area contributed by atoms with Crippen LogP contribution in [0.4, 0.5) is 5.95 Å². The second-order valence-corrected chi connectivity index (χ2v) is 9.76. The summed E-state index contributed by atoms with van der Waals surface area (Å²) >= 11 is 12.1. The number of hydrogen-bond donors (Lipinski definition) is 2. The maximum Gasteiger partial charge on any atom is 0.278 e. The fourth-order valence-electron chi connectivity index (χ4n) is 5.01. The predicted molar refractivity (Wildman–Crippen MR) is 137 cm³/mol. The Morgan fingerprint density at radius 1 is 1.12 bits per heavy atom. The third-order valence-corrected chi connectivity index (χ3v) is 7.51. The van der Waals surface area contributed by atoms with Crippen LogP contribution in [0.5, 0.6) is 0 Å². The number of nitrogens with zero attached hydrogens (tertiary/aromatic N) is 4. The molecule has 0 amide bonds. The molecule has 1 aliphatic carbocycles. The van der Waals surface area contributed by atoms with Crippen LogP contribution < -0.4 is 10.9 Å². The van der Waals surface area contributed by atoms with Crippen molar-refractivity contribution in [3.8, 4) is 0 Å². The number of anilines is 1. The number of morpholine rings is 1. The molecule has 11 heteroatoms. The van der Waals surface area contributed by atoms with Gasteiger partial charge in [-0.2, -0.15) is 4.98 Å². The molecule has 1 aromatic carbocycles. The minimum Gasteiger partial charge on any atom is -0.379 e. The number of aromatic amines is 1. The van der Waals surface area contributed by atoms with Gasteiger partial charge in [-0.15, -0.1) is 12.4 Å². The van der Waals surface area contributed by atoms with Crippen LogP contribution in [0.3, 0.4) is 0 Å². The molecule has 1 aliphatic heterocycles. The minimum absolute atomic E-state index is 0. The van der Waals surface area contributed by atoms with Gasteiger partial charge in [-0.1, -0.05) is 35.7 Å². The van der Waals surface area contributed by atoms with Crippen molar-refractivity contribution in [1.82, 2.24) is 24.4 Å². The third-order valence-electron chi connectivity index (χ3n) is 6.77. The summed E-state index contributed by atoms with van der Waals surface area (Å²) in [5.74, 6) is 1.56. The molecule has 0 radical (unpaired) electrons. The van der Waals surface area contributed by atoms with Crippen molar-refractivity contribution >= 4 is 52.7 Å². The lowest BCUT2D eigenvalue weighted by molar-refractivity contribution is 0.0272. The number of H-pyrrole nitrogens is 1. The summed E-state index contributed by atoms with van der Waals surface area (Å²) in [6, 6.07) is 5.41. The predicted octanol–water partition coefficient (Wildman–Crippen LogP) is 4.21. The van der Waals surface area contributed by atoms with Crippen LogP contribution in [0.1, 0.15) is 24.8 Å². The Morgan fingerprint density at radius 3 is 2.65 bits per heavy atom. The first-order valence-corrected chi connectivity index (χ1v) is 12.3. The first-order valence-electron chi connectivity index (χ1n) is 11.5. The fraction of sp³-hybridized carbons (Fsp3) is 0.522. The van der Waals surface area contributed by atoms with Crippen LogP contribution in [0.15, 0.2) is 29.3 Å². The van der Waals surface area contributed by atoms with Crippen molar-refractivity contribution in [2.45, 2.75) is 32.4 Å². The molecule has 2 fully saturated rings. The molecule has 34 heavy (non-hydrogen) atoms. The van der Waals surface area contributed by atoms with E-state index in [9.17, 15) is 4.79 Å². The van der Waals surface area contributed by atoms with Gasteiger partial charge >= 0.3 is 0 Å². The highest BCUT2D eigenvalue weighted by molar-refractivity contribution is 6.42. The number of ether oxygens (including phenoxy) is 1. The summed E-state index contributed by atoms with van der Waals surface area (Å²) in [5.41, 5.74) is 1.74. The summed E-state index contributed by atoms with van der Waals surface area (Å²) < 4.78 is 7.46. The molecule has 3 heterocycles. The van der Waals surface area contributed by atoms with E-state index in [4.69, 9.17) is 27.9 Å². The summed E-state index contributed by atoms with van der Waals surface area (Å²) in [7, 11) is 0. The molecule has 2 atom stereocenters. The SMILES string of the molecule is Cl.O=c1[nH]c(NCc2ccc(Cl)c(Cl)c2)nc2ncn(CC3CCCC3CN3CCOCC3)c12. The molecule has 0 bridgehead atoms. The Balaban J connectivity index is 0.00000274. The molecule has 184 valence electrons. The highest BCUT2D eigenvalue weighted by Crippen LogP contribution is 2.34. The van der Waals surface area contributed by atoms with Gasteiger partial charge in [0.2, 0.25) is 5.95 Å². The van der Waals surface area contributed by atoms with E-state index in [0.29, 0.717) is 45.5 Å². The lowest BCUT2D eigenvalue weighted by Gasteiger charge is -2.31. The Kier molecular flexibility index (Phi) is 8.37. The Morgan fingerprint density at radius 2 is 1.88 bits per heavy atom. The van der Waals surface area contributed by atoms with E-state index < -0.39 is 0 Å². The quantitative estimate of drug-likeness (QED) is 0.479. The summed E-state index contributed by atoms with van der Waals surface area (Å²) in [6.07, 6.45) is 5.42. The van der Waals surface area contributed by atoms with Gasteiger partial charge < -0.3 is 14.6 Å². The molecule has 1 saturated heterocycles. The number of nitrogens with one attached hydrogen (secondary N) is 2. The summed E-state index contributed by atoms with van der Waals surface area (Å²) in [4.78, 5) is 27.2. The molecule has 1 saturated carbocycles. The average molecular weight is 528 g/mol. The normalized spacial score (nSPS) is 21.0. The number of halogens is 3. The number of aromatic nitrogens is 4. The van der Waals surface area contributed by atoms with Crippen LogP contribution in [0, 0.1) is 11.8 Å². The van der Waals surface area contributed by atoms with Gasteiger partial charge in [0.25, 0.3) is 5.56 Å². The van der Waals surface area contributed by atoms with Gasteiger partial charge in [0.05, 0.1) is 29.6 Å². The van der Waals surface area contributed by atoms with Crippen molar-refractivity contribution in [2.24, 2.45) is 11.8 Å². The number of fused-ring (bicyclic) bond motifs is 1. The molecule has 2 aromatic heterocycles. The topological polar surface area (TPSA) is 88.1 Å². The molecule has 2 N–H and O–H groups in total. The monoisotopic (exact) mass is 526 g/mol. The van der Waals surface area contributed by atoms with Crippen molar-refractivity contribution < 1.29 is 4.74 Å². The lowest BCUT2D eigenvalue weighted by atomic mass is 9.95. The Hall–Kier alpha value is -1.84. The van der Waals surface area contributed by atoms with Crippen molar-refractivity contribution in [3.05, 3.63) is 50.5 Å². The Labute approximate surface area is 214 Å². The minimum atomic E-state index is -0.183. The smallest absolute Gasteiger partial charge is 0.278 e. The molecule has 3 aromatic rings. The third kappa shape index (κ3) is 5.69. The van der Waals surface area contributed by atoms with E-state index >= 15 is 0 Å². The lowest BCUT2D eigenvalue weighted by Crippen LogP contribution is -2.40. The van der Waals surface area contributed by atoms with Crippen molar-refractivity contribution in [1.29, 1.82) is 0 Å². The van der Waals surface area contributed by atoms with Gasteiger partial charge in [0.1, 0.15) is 0 Å². The zero-order chi connectivity index (χ0) is 22.8. The van der Waals surface area contributed by atoms with Gasteiger partial charge in [0.15, 0.2) is 11.2 Å². The van der Waals surface area contributed by atoms with Crippen LogP contribution in [0.25, 0.3) is 11.2 Å². The van der Waals surface area contributed by atoms with Gasteiger partial charge in [-0.3, -0.25) is 14.7 Å². The maximum atomic E-state index is 12.9. The molecular weight excluding hydrogens is 499 g/mol. The number of hydrogen-bond acceptors (Lipinski definition) is 6. The first-order chi connectivity index (χ1) is 16.1. The average Bonchev–Trinajstić information content (AvgIpc) is 3.43. The van der Waals surface area contributed by atoms with Crippen molar-refractivity contribution in [3.63, 3.8) is 0 Å². The number of benzene rings is 1. The zero-order valence-corrected chi connectivity index (χ0v) is 21.1. The molecule has 5 rings (SSSR count). The molecule has 8 nitrogen and oxygen atoms in total. The van der Waals surface area contributed by atoms with Crippen LogP contribution in [0.2, 0.25) is 10.0 Å². The largest absolute Gasteiger partial charge is 0.379 e. The van der Waals surface area contributed by atoms with Gasteiger partial charge in [-0.05, 0) is 42.4 Å². The summed E-state index contributed by atoms with van der Waals surface area (Å²) in [6.45, 7) is 6.04. The summed E-state index contributed by atoms with van der Waals surface area (Å²) in [5, 5.41) is 4.14. The van der Waals surface area contributed by atoms with Gasteiger partial charge in [-0.25, -0.2) is 4.98 Å². The van der Waals surface area contributed by atoms with E-state index in [2.05, 4.69) is 25.2 Å². The van der Waals surface area contributed by atoms with E-state index in [-0.39, 0.29) is 18.0 Å². The number of imidazole rings is 1. The van der Waals surface area contributed by atoms with E-state index in [1.165, 1.54) is 19.3 Å². The van der Waals surface area contributed by atoms with E-state index in [1.807, 2.05) is 10.6 Å². The number of rotatable bonds is 7. The second kappa shape index (κ2) is 11.3. The molecule has 2 aliphatic rings. The highest BCUT2D eigenvalue weighted by Gasteiger charge is 2.30. The molecular formula is C23H29Cl3N6O2. The molecule has 0 spiro atoms. The molecule has 2 unspecified atom stereocenters. The highest BCUT2D eigenvalue weighted by atomic mass is 35.5.